The molecule has 4 heteroatoms. The first-order valence-electron chi connectivity index (χ1n) is 8.44. The van der Waals surface area contributed by atoms with Crippen molar-refractivity contribution in [2.45, 2.75) is 50.8 Å². The highest BCUT2D eigenvalue weighted by Gasteiger charge is 2.06. The van der Waals surface area contributed by atoms with E-state index in [1.54, 1.807) is 12.4 Å². The highest BCUT2D eigenvalue weighted by atomic mass is 79.9. The number of ether oxygens (including phenoxy) is 1. The van der Waals surface area contributed by atoms with Crippen molar-refractivity contribution in [3.8, 4) is 17.1 Å². The van der Waals surface area contributed by atoms with Crippen LogP contribution >= 0.6 is 15.9 Å². The molecule has 1 aromatic heterocycles. The molecule has 0 saturated heterocycles. The van der Waals surface area contributed by atoms with E-state index in [1.807, 2.05) is 18.2 Å². The summed E-state index contributed by atoms with van der Waals surface area (Å²) in [6.07, 6.45) is 11.1. The Morgan fingerprint density at radius 2 is 1.65 bits per heavy atom. The number of alkyl halides is 1. The predicted octanol–water partition coefficient (Wildman–Crippen LogP) is 5.78. The van der Waals surface area contributed by atoms with E-state index in [1.165, 1.54) is 37.7 Å². The van der Waals surface area contributed by atoms with Gasteiger partial charge in [0.1, 0.15) is 0 Å². The zero-order valence-electron chi connectivity index (χ0n) is 13.8. The summed E-state index contributed by atoms with van der Waals surface area (Å²) >= 11 is 3.50. The van der Waals surface area contributed by atoms with Crippen LogP contribution in [-0.2, 0) is 5.33 Å². The lowest BCUT2D eigenvalue weighted by Gasteiger charge is -2.08. The van der Waals surface area contributed by atoms with Crippen LogP contribution in [0.2, 0.25) is 0 Å². The van der Waals surface area contributed by atoms with Crippen molar-refractivity contribution in [2.24, 2.45) is 0 Å². The van der Waals surface area contributed by atoms with Gasteiger partial charge in [0.05, 0.1) is 19.0 Å². The van der Waals surface area contributed by atoms with Crippen molar-refractivity contribution in [3.05, 3.63) is 42.2 Å². The Hall–Kier alpha value is -1.42. The van der Waals surface area contributed by atoms with Gasteiger partial charge in [-0.2, -0.15) is 0 Å². The number of aromatic nitrogens is 2. The number of hydrogen-bond acceptors (Lipinski definition) is 3. The van der Waals surface area contributed by atoms with Gasteiger partial charge in [0.25, 0.3) is 0 Å². The average molecular weight is 377 g/mol. The molecular weight excluding hydrogens is 352 g/mol. The van der Waals surface area contributed by atoms with Crippen LogP contribution in [0.15, 0.2) is 36.7 Å². The van der Waals surface area contributed by atoms with Crippen LogP contribution in [0.3, 0.4) is 0 Å². The van der Waals surface area contributed by atoms with Crippen molar-refractivity contribution in [3.63, 3.8) is 0 Å². The second-order valence-corrected chi connectivity index (χ2v) is 6.21. The third-order valence-electron chi connectivity index (χ3n) is 3.80. The summed E-state index contributed by atoms with van der Waals surface area (Å²) in [4.78, 5) is 8.88. The Labute approximate surface area is 147 Å². The molecule has 0 spiro atoms. The highest BCUT2D eigenvalue weighted by Crippen LogP contribution is 2.22. The second kappa shape index (κ2) is 10.4. The molecule has 23 heavy (non-hydrogen) atoms. The minimum atomic E-state index is 0.743. The summed E-state index contributed by atoms with van der Waals surface area (Å²) in [7, 11) is 0. The number of benzene rings is 1. The smallest absolute Gasteiger partial charge is 0.159 e. The van der Waals surface area contributed by atoms with E-state index in [0.717, 1.165) is 35.5 Å². The van der Waals surface area contributed by atoms with Gasteiger partial charge in [-0.25, -0.2) is 9.97 Å². The normalized spacial score (nSPS) is 10.7. The summed E-state index contributed by atoms with van der Waals surface area (Å²) in [5, 5.41) is 0.794. The summed E-state index contributed by atoms with van der Waals surface area (Å²) in [5.41, 5.74) is 2.25. The monoisotopic (exact) mass is 376 g/mol. The third-order valence-corrected chi connectivity index (χ3v) is 4.40. The number of halogens is 1. The molecule has 0 saturated carbocycles. The van der Waals surface area contributed by atoms with E-state index >= 15 is 0 Å². The summed E-state index contributed by atoms with van der Waals surface area (Å²) in [6.45, 7) is 2.98. The van der Waals surface area contributed by atoms with Gasteiger partial charge in [0.2, 0.25) is 0 Å². The number of hydrogen-bond donors (Lipinski definition) is 0. The van der Waals surface area contributed by atoms with Crippen molar-refractivity contribution in [1.82, 2.24) is 9.97 Å². The fourth-order valence-corrected chi connectivity index (χ4v) is 2.95. The van der Waals surface area contributed by atoms with E-state index < -0.39 is 0 Å². The zero-order chi connectivity index (χ0) is 16.3. The number of unbranched alkanes of at least 4 members (excludes halogenated alkanes) is 5. The van der Waals surface area contributed by atoms with Gasteiger partial charge in [0.15, 0.2) is 11.6 Å². The van der Waals surface area contributed by atoms with Crippen molar-refractivity contribution < 1.29 is 4.74 Å². The Balaban J connectivity index is 1.81. The van der Waals surface area contributed by atoms with Gasteiger partial charge in [-0.15, -0.1) is 0 Å². The summed E-state index contributed by atoms with van der Waals surface area (Å²) < 4.78 is 5.73. The average Bonchev–Trinajstić information content (AvgIpc) is 2.61. The first-order valence-corrected chi connectivity index (χ1v) is 9.56. The molecule has 0 aliphatic carbocycles. The second-order valence-electron chi connectivity index (χ2n) is 5.65. The first-order chi connectivity index (χ1) is 11.3. The van der Waals surface area contributed by atoms with E-state index in [-0.39, 0.29) is 0 Å². The van der Waals surface area contributed by atoms with E-state index in [0.29, 0.717) is 0 Å². The van der Waals surface area contributed by atoms with E-state index in [9.17, 15) is 0 Å². The topological polar surface area (TPSA) is 35.0 Å². The Morgan fingerprint density at radius 1 is 0.957 bits per heavy atom. The van der Waals surface area contributed by atoms with Gasteiger partial charge in [-0.3, -0.25) is 0 Å². The highest BCUT2D eigenvalue weighted by molar-refractivity contribution is 9.08. The van der Waals surface area contributed by atoms with E-state index in [2.05, 4.69) is 38.9 Å². The molecule has 2 rings (SSSR count). The molecule has 3 nitrogen and oxygen atoms in total. The lowest BCUT2D eigenvalue weighted by atomic mass is 10.1. The van der Waals surface area contributed by atoms with Gasteiger partial charge in [0, 0.05) is 10.9 Å². The Bertz CT molecular complexity index is 572. The fourth-order valence-electron chi connectivity index (χ4n) is 2.46. The van der Waals surface area contributed by atoms with Crippen LogP contribution in [0.25, 0.3) is 11.4 Å². The summed E-state index contributed by atoms with van der Waals surface area (Å²) in [5.74, 6) is 1.49. The van der Waals surface area contributed by atoms with Crippen molar-refractivity contribution >= 4 is 15.9 Å². The van der Waals surface area contributed by atoms with Crippen LogP contribution in [0.5, 0.6) is 5.75 Å². The molecule has 1 heterocycles. The molecule has 0 bridgehead atoms. The Morgan fingerprint density at radius 3 is 2.39 bits per heavy atom. The minimum Gasteiger partial charge on any atom is -0.490 e. The van der Waals surface area contributed by atoms with Crippen LogP contribution in [-0.4, -0.2) is 16.6 Å². The molecule has 1 aromatic carbocycles. The molecule has 0 aliphatic heterocycles. The summed E-state index contributed by atoms with van der Waals surface area (Å²) in [6, 6.07) is 8.16. The molecule has 0 N–H and O–H groups in total. The lowest BCUT2D eigenvalue weighted by molar-refractivity contribution is 0.302. The molecule has 0 aliphatic rings. The number of nitrogens with zero attached hydrogens (tertiary/aromatic N) is 2. The first kappa shape index (κ1) is 17.9. The van der Waals surface area contributed by atoms with Crippen molar-refractivity contribution in [2.75, 3.05) is 6.61 Å². The fraction of sp³-hybridized carbons (Fsp3) is 0.474. The maximum absolute atomic E-state index is 5.73. The quantitative estimate of drug-likeness (QED) is 0.389. The largest absolute Gasteiger partial charge is 0.490 e. The van der Waals surface area contributed by atoms with Crippen LogP contribution in [0.1, 0.15) is 51.0 Å². The molecule has 0 amide bonds. The molecule has 124 valence electrons. The molecule has 2 aromatic rings. The predicted molar refractivity (Wildman–Crippen MR) is 99.0 cm³/mol. The van der Waals surface area contributed by atoms with Gasteiger partial charge in [-0.05, 0) is 12.0 Å². The molecule has 0 radical (unpaired) electrons. The SMILES string of the molecule is CCCCCCCCOc1cnc(-c2ccccc2CBr)nc1. The van der Waals surface area contributed by atoms with Gasteiger partial charge in [-0.1, -0.05) is 79.2 Å². The van der Waals surface area contributed by atoms with Crippen LogP contribution in [0.4, 0.5) is 0 Å². The van der Waals surface area contributed by atoms with E-state index in [4.69, 9.17) is 4.74 Å². The number of rotatable bonds is 10. The third kappa shape index (κ3) is 5.94. The van der Waals surface area contributed by atoms with Crippen LogP contribution in [0, 0.1) is 0 Å². The maximum atomic E-state index is 5.73. The van der Waals surface area contributed by atoms with Gasteiger partial charge < -0.3 is 4.74 Å². The molecule has 0 unspecified atom stereocenters. The standard InChI is InChI=1S/C19H25BrN2O/c1-2-3-4-5-6-9-12-23-17-14-21-19(22-15-17)18-11-8-7-10-16(18)13-20/h7-8,10-11,14-15H,2-6,9,12-13H2,1H3. The molecule has 0 atom stereocenters. The lowest BCUT2D eigenvalue weighted by Crippen LogP contribution is -1.99. The Kier molecular flexibility index (Phi) is 8.08. The zero-order valence-corrected chi connectivity index (χ0v) is 15.4. The van der Waals surface area contributed by atoms with Gasteiger partial charge >= 0.3 is 0 Å². The molecular formula is C19H25BrN2O. The minimum absolute atomic E-state index is 0.743. The maximum Gasteiger partial charge on any atom is 0.159 e. The molecule has 0 fully saturated rings. The van der Waals surface area contributed by atoms with Crippen LogP contribution < -0.4 is 4.74 Å². The van der Waals surface area contributed by atoms with Crippen molar-refractivity contribution in [1.29, 1.82) is 0 Å².